The highest BCUT2D eigenvalue weighted by atomic mass is 35.5. The summed E-state index contributed by atoms with van der Waals surface area (Å²) in [5, 5.41) is 12.9. The van der Waals surface area contributed by atoms with Crippen molar-refractivity contribution in [2.45, 2.75) is 90.5 Å². The van der Waals surface area contributed by atoms with Gasteiger partial charge in [0.1, 0.15) is 24.7 Å². The molecule has 0 saturated heterocycles. The molecule has 1 aliphatic carbocycles. The molecule has 0 aliphatic heterocycles. The summed E-state index contributed by atoms with van der Waals surface area (Å²) in [5.41, 5.74) is 3.99. The minimum Gasteiger partial charge on any atom is -0.543 e. The quantitative estimate of drug-likeness (QED) is 0.0924. The van der Waals surface area contributed by atoms with Gasteiger partial charge in [-0.05, 0) is 116 Å². The Morgan fingerprint density at radius 2 is 1.56 bits per heavy atom. The van der Waals surface area contributed by atoms with Gasteiger partial charge in [0, 0.05) is 32.8 Å². The summed E-state index contributed by atoms with van der Waals surface area (Å²) in [6, 6.07) is 17.5. The van der Waals surface area contributed by atoms with Crippen LogP contribution < -0.4 is 19.2 Å². The number of hydrogen-bond acceptors (Lipinski definition) is 6. The van der Waals surface area contributed by atoms with Gasteiger partial charge in [0.05, 0.1) is 16.0 Å². The average molecular weight is 774 g/mol. The molecule has 0 radical (unpaired) electrons. The van der Waals surface area contributed by atoms with Crippen LogP contribution in [0.1, 0.15) is 62.3 Å². The Bertz CT molecular complexity index is 1640. The molecule has 284 valence electrons. The van der Waals surface area contributed by atoms with Gasteiger partial charge >= 0.3 is 6.09 Å². The van der Waals surface area contributed by atoms with E-state index in [4.69, 9.17) is 41.8 Å². The molecule has 0 heterocycles. The molecular weight excluding hydrogens is 719 g/mol. The summed E-state index contributed by atoms with van der Waals surface area (Å²) in [7, 11) is -0.406. The summed E-state index contributed by atoms with van der Waals surface area (Å²) in [6.07, 6.45) is 2.76. The highest BCUT2D eigenvalue weighted by Gasteiger charge is 2.39. The number of carbonyl (C=O) groups excluding carboxylic acids is 1. The minimum absolute atomic E-state index is 0.00783. The number of carbonyl (C=O) groups is 2. The Labute approximate surface area is 320 Å². The predicted molar refractivity (Wildman–Crippen MR) is 210 cm³/mol. The molecule has 1 atom stereocenters. The number of halogens is 2. The van der Waals surface area contributed by atoms with E-state index in [1.54, 1.807) is 19.2 Å². The van der Waals surface area contributed by atoms with Gasteiger partial charge in [0.15, 0.2) is 5.75 Å². The first-order valence-electron chi connectivity index (χ1n) is 17.9. The third kappa shape index (κ3) is 12.3. The number of carboxylic acid groups (broad SMARTS) is 1. The van der Waals surface area contributed by atoms with E-state index in [0.717, 1.165) is 53.7 Å². The van der Waals surface area contributed by atoms with Crippen molar-refractivity contribution in [3.05, 3.63) is 86.9 Å². The first-order valence-corrected chi connectivity index (χ1v) is 21.6. The topological polar surface area (TPSA) is 107 Å². The summed E-state index contributed by atoms with van der Waals surface area (Å²) in [4.78, 5) is 27.8. The van der Waals surface area contributed by atoms with Crippen LogP contribution in [0, 0.1) is 12.8 Å². The van der Waals surface area contributed by atoms with Crippen LogP contribution in [0.15, 0.2) is 54.6 Å². The SMILES string of the molecule is COCCCc1cc(CN(C(=O)C(CNC(=O)O)Cc2ccc(OCCOc3c(Cl)cc(C)cc3Cl)cc2)C2CC2)cc(O[Si](C)(C)C(C)(C)C)c1. The minimum atomic E-state index is -2.11. The van der Waals surface area contributed by atoms with E-state index >= 15 is 0 Å². The van der Waals surface area contributed by atoms with Crippen molar-refractivity contribution in [3.8, 4) is 17.2 Å². The van der Waals surface area contributed by atoms with E-state index in [0.29, 0.717) is 41.1 Å². The second kappa shape index (κ2) is 18.5. The fraction of sp³-hybridized carbons (Fsp3) is 0.500. The van der Waals surface area contributed by atoms with Gasteiger partial charge in [-0.25, -0.2) is 4.79 Å². The first kappa shape index (κ1) is 41.3. The molecule has 2 N–H and O–H groups in total. The monoisotopic (exact) mass is 772 g/mol. The van der Waals surface area contributed by atoms with Gasteiger partial charge in [0.25, 0.3) is 0 Å². The number of ether oxygens (including phenoxy) is 3. The number of nitrogens with one attached hydrogen (secondary N) is 1. The van der Waals surface area contributed by atoms with E-state index in [1.807, 2.05) is 36.1 Å². The normalized spacial score (nSPS) is 13.7. The number of aryl methyl sites for hydroxylation is 2. The molecule has 1 aliphatic rings. The molecule has 4 rings (SSSR count). The van der Waals surface area contributed by atoms with Crippen molar-refractivity contribution < 1.29 is 33.3 Å². The van der Waals surface area contributed by atoms with Crippen LogP contribution in [-0.4, -0.2) is 69.8 Å². The van der Waals surface area contributed by atoms with Crippen molar-refractivity contribution in [1.82, 2.24) is 10.2 Å². The number of hydrogen-bond donors (Lipinski definition) is 2. The Morgan fingerprint density at radius 3 is 2.15 bits per heavy atom. The van der Waals surface area contributed by atoms with Crippen molar-refractivity contribution in [3.63, 3.8) is 0 Å². The average Bonchev–Trinajstić information content (AvgIpc) is 3.90. The molecule has 12 heteroatoms. The standard InChI is InChI=1S/C40H54Cl2N2O7Si/c1-27-19-35(41)37(36(42)20-27)50-18-17-49-33-14-10-28(11-15-33)22-31(25-43-39(46)47)38(45)44(32-12-13-32)26-30-21-29(9-8-16-48-5)23-34(24-30)51-52(6,7)40(2,3)4/h10-11,14-15,19-21,23-24,31-32,43H,8-9,12-13,16-18,22,25-26H2,1-7H3,(H,46,47). The Balaban J connectivity index is 1.46. The van der Waals surface area contributed by atoms with Crippen LogP contribution in [-0.2, 0) is 28.9 Å². The molecule has 1 fully saturated rings. The van der Waals surface area contributed by atoms with Crippen molar-refractivity contribution in [1.29, 1.82) is 0 Å². The maximum Gasteiger partial charge on any atom is 0.404 e. The third-order valence-corrected chi connectivity index (χ3v) is 14.6. The summed E-state index contributed by atoms with van der Waals surface area (Å²) in [6.45, 7) is 14.6. The van der Waals surface area contributed by atoms with Crippen LogP contribution in [0.2, 0.25) is 28.2 Å². The first-order chi connectivity index (χ1) is 24.6. The smallest absolute Gasteiger partial charge is 0.404 e. The van der Waals surface area contributed by atoms with Crippen molar-refractivity contribution >= 4 is 43.5 Å². The molecule has 3 aromatic rings. The molecule has 3 aromatic carbocycles. The molecule has 9 nitrogen and oxygen atoms in total. The number of amides is 2. The van der Waals surface area contributed by atoms with Crippen LogP contribution in [0.4, 0.5) is 4.79 Å². The molecule has 52 heavy (non-hydrogen) atoms. The number of rotatable bonds is 19. The van der Waals surface area contributed by atoms with Gasteiger partial charge < -0.3 is 34.0 Å². The fourth-order valence-corrected chi connectivity index (χ4v) is 7.41. The fourth-order valence-electron chi connectivity index (χ4n) is 5.69. The predicted octanol–water partition coefficient (Wildman–Crippen LogP) is 9.34. The molecule has 0 bridgehead atoms. The number of benzene rings is 3. The van der Waals surface area contributed by atoms with Gasteiger partial charge in [0.2, 0.25) is 14.2 Å². The van der Waals surface area contributed by atoms with E-state index in [-0.39, 0.29) is 36.7 Å². The molecule has 0 spiro atoms. The highest BCUT2D eigenvalue weighted by Crippen LogP contribution is 2.39. The zero-order valence-electron chi connectivity index (χ0n) is 31.5. The highest BCUT2D eigenvalue weighted by molar-refractivity contribution is 6.74. The molecule has 2 amide bonds. The van der Waals surface area contributed by atoms with E-state index in [9.17, 15) is 14.7 Å². The Kier molecular flexibility index (Phi) is 14.7. The van der Waals surface area contributed by atoms with Crippen LogP contribution in [0.25, 0.3) is 0 Å². The summed E-state index contributed by atoms with van der Waals surface area (Å²) >= 11 is 12.6. The lowest BCUT2D eigenvalue weighted by molar-refractivity contribution is -0.136. The largest absolute Gasteiger partial charge is 0.543 e. The maximum atomic E-state index is 14.3. The molecule has 0 aromatic heterocycles. The van der Waals surface area contributed by atoms with Crippen molar-refractivity contribution in [2.75, 3.05) is 33.5 Å². The van der Waals surface area contributed by atoms with E-state index in [2.05, 4.69) is 57.4 Å². The van der Waals surface area contributed by atoms with Crippen LogP contribution in [0.3, 0.4) is 0 Å². The van der Waals surface area contributed by atoms with Crippen LogP contribution >= 0.6 is 23.2 Å². The second-order valence-corrected chi connectivity index (χ2v) is 20.7. The van der Waals surface area contributed by atoms with E-state index < -0.39 is 20.3 Å². The third-order valence-electron chi connectivity index (χ3n) is 9.64. The van der Waals surface area contributed by atoms with Crippen LogP contribution in [0.5, 0.6) is 17.2 Å². The maximum absolute atomic E-state index is 14.3. The Hall–Kier alpha value is -3.44. The summed E-state index contributed by atoms with van der Waals surface area (Å²) in [5.74, 6) is 1.24. The second-order valence-electron chi connectivity index (χ2n) is 15.1. The number of methoxy groups -OCH3 is 1. The van der Waals surface area contributed by atoms with Gasteiger partial charge in [-0.15, -0.1) is 0 Å². The lowest BCUT2D eigenvalue weighted by Crippen LogP contribution is -2.44. The number of nitrogens with zero attached hydrogens (tertiary/aromatic N) is 1. The zero-order valence-corrected chi connectivity index (χ0v) is 34.0. The van der Waals surface area contributed by atoms with Gasteiger partial charge in [-0.3, -0.25) is 4.79 Å². The molecule has 1 unspecified atom stereocenters. The van der Waals surface area contributed by atoms with Gasteiger partial charge in [-0.1, -0.05) is 62.2 Å². The van der Waals surface area contributed by atoms with Gasteiger partial charge in [-0.2, -0.15) is 0 Å². The zero-order chi connectivity index (χ0) is 38.1. The Morgan fingerprint density at radius 1 is 0.923 bits per heavy atom. The molecule has 1 saturated carbocycles. The molecular formula is C40H54Cl2N2O7Si. The lowest BCUT2D eigenvalue weighted by atomic mass is 9.97. The van der Waals surface area contributed by atoms with Crippen molar-refractivity contribution in [2.24, 2.45) is 5.92 Å². The lowest BCUT2D eigenvalue weighted by Gasteiger charge is -2.36. The van der Waals surface area contributed by atoms with E-state index in [1.165, 1.54) is 0 Å². The summed E-state index contributed by atoms with van der Waals surface area (Å²) < 4.78 is 23.7.